The summed E-state index contributed by atoms with van der Waals surface area (Å²) in [6.07, 6.45) is 1.73. The van der Waals surface area contributed by atoms with Crippen LogP contribution in [0.15, 0.2) is 41.2 Å². The Kier molecular flexibility index (Phi) is 3.71. The van der Waals surface area contributed by atoms with E-state index >= 15 is 0 Å². The second kappa shape index (κ2) is 5.64. The maximum atomic E-state index is 11.8. The molecule has 20 heavy (non-hydrogen) atoms. The Labute approximate surface area is 121 Å². The Morgan fingerprint density at radius 3 is 2.60 bits per heavy atom. The Bertz CT molecular complexity index is 575. The second-order valence-corrected chi connectivity index (χ2v) is 4.91. The van der Waals surface area contributed by atoms with Crippen LogP contribution < -0.4 is 0 Å². The maximum Gasteiger partial charge on any atom is 0.365 e. The highest BCUT2D eigenvalue weighted by molar-refractivity contribution is 6.30. The number of rotatable bonds is 2. The number of hydrogen-bond donors (Lipinski definition) is 0. The molecule has 2 aliphatic heterocycles. The SMILES string of the molecule is O=C1OC(c2ccc(Cl)cc2)=N/C1=C\N1CCOCC1. The van der Waals surface area contributed by atoms with E-state index in [-0.39, 0.29) is 0 Å². The molecule has 0 unspecified atom stereocenters. The van der Waals surface area contributed by atoms with E-state index in [0.717, 1.165) is 18.7 Å². The number of cyclic esters (lactones) is 1. The van der Waals surface area contributed by atoms with Gasteiger partial charge in [-0.2, -0.15) is 0 Å². The summed E-state index contributed by atoms with van der Waals surface area (Å²) in [4.78, 5) is 18.1. The normalized spacial score (nSPS) is 21.1. The lowest BCUT2D eigenvalue weighted by Crippen LogP contribution is -2.32. The van der Waals surface area contributed by atoms with Gasteiger partial charge in [-0.1, -0.05) is 11.6 Å². The number of morpholine rings is 1. The van der Waals surface area contributed by atoms with E-state index in [1.165, 1.54) is 0 Å². The zero-order valence-electron chi connectivity index (χ0n) is 10.7. The van der Waals surface area contributed by atoms with E-state index in [1.54, 1.807) is 30.5 Å². The van der Waals surface area contributed by atoms with Gasteiger partial charge in [0.25, 0.3) is 0 Å². The molecule has 104 valence electrons. The van der Waals surface area contributed by atoms with Gasteiger partial charge in [0.15, 0.2) is 5.70 Å². The number of carbonyl (C=O) groups excluding carboxylic acids is 1. The average Bonchev–Trinajstić information content (AvgIpc) is 2.82. The second-order valence-electron chi connectivity index (χ2n) is 4.48. The van der Waals surface area contributed by atoms with E-state index < -0.39 is 5.97 Å². The molecule has 0 radical (unpaired) electrons. The van der Waals surface area contributed by atoms with Gasteiger partial charge in [0.2, 0.25) is 5.90 Å². The lowest BCUT2D eigenvalue weighted by molar-refractivity contribution is -0.130. The standard InChI is InChI=1S/C14H13ClN2O3/c15-11-3-1-10(2-4-11)13-16-12(14(18)20-13)9-17-5-7-19-8-6-17/h1-4,9H,5-8H2/b12-9-. The van der Waals surface area contributed by atoms with Crippen LogP contribution in [0.3, 0.4) is 0 Å². The predicted octanol–water partition coefficient (Wildman–Crippen LogP) is 1.82. The van der Waals surface area contributed by atoms with Crippen molar-refractivity contribution in [2.45, 2.75) is 0 Å². The van der Waals surface area contributed by atoms with E-state index in [1.807, 2.05) is 4.90 Å². The maximum absolute atomic E-state index is 11.8. The minimum Gasteiger partial charge on any atom is -0.402 e. The quantitative estimate of drug-likeness (QED) is 0.616. The fourth-order valence-corrected chi connectivity index (χ4v) is 2.12. The smallest absolute Gasteiger partial charge is 0.365 e. The number of hydrogen-bond acceptors (Lipinski definition) is 5. The van der Waals surface area contributed by atoms with Crippen LogP contribution in [0.5, 0.6) is 0 Å². The van der Waals surface area contributed by atoms with E-state index in [2.05, 4.69) is 4.99 Å². The summed E-state index contributed by atoms with van der Waals surface area (Å²) in [5.74, 6) is -0.118. The Morgan fingerprint density at radius 1 is 1.20 bits per heavy atom. The van der Waals surface area contributed by atoms with Crippen LogP contribution in [-0.4, -0.2) is 43.1 Å². The molecular formula is C14H13ClN2O3. The third-order valence-corrected chi connectivity index (χ3v) is 3.31. The molecule has 0 atom stereocenters. The molecule has 1 saturated heterocycles. The molecule has 0 amide bonds. The van der Waals surface area contributed by atoms with Crippen LogP contribution in [-0.2, 0) is 14.3 Å². The Hall–Kier alpha value is -1.85. The lowest BCUT2D eigenvalue weighted by atomic mass is 10.2. The minimum absolute atomic E-state index is 0.311. The van der Waals surface area contributed by atoms with Crippen molar-refractivity contribution in [2.24, 2.45) is 4.99 Å². The van der Waals surface area contributed by atoms with Crippen LogP contribution in [0.4, 0.5) is 0 Å². The van der Waals surface area contributed by atoms with E-state index in [4.69, 9.17) is 21.1 Å². The van der Waals surface area contributed by atoms with Crippen LogP contribution in [0, 0.1) is 0 Å². The largest absolute Gasteiger partial charge is 0.402 e. The van der Waals surface area contributed by atoms with Gasteiger partial charge >= 0.3 is 5.97 Å². The van der Waals surface area contributed by atoms with Crippen LogP contribution >= 0.6 is 11.6 Å². The van der Waals surface area contributed by atoms with Crippen molar-refractivity contribution >= 4 is 23.5 Å². The molecule has 2 aliphatic rings. The molecule has 0 aromatic heterocycles. The molecule has 1 fully saturated rings. The molecule has 6 heteroatoms. The summed E-state index contributed by atoms with van der Waals surface area (Å²) in [7, 11) is 0. The molecular weight excluding hydrogens is 280 g/mol. The fraction of sp³-hybridized carbons (Fsp3) is 0.286. The van der Waals surface area contributed by atoms with Crippen molar-refractivity contribution in [1.82, 2.24) is 4.90 Å². The number of aliphatic imine (C=N–C) groups is 1. The molecule has 1 aromatic carbocycles. The van der Waals surface area contributed by atoms with E-state index in [0.29, 0.717) is 29.8 Å². The highest BCUT2D eigenvalue weighted by Gasteiger charge is 2.25. The predicted molar refractivity (Wildman–Crippen MR) is 74.6 cm³/mol. The van der Waals surface area contributed by atoms with Crippen LogP contribution in [0.1, 0.15) is 5.56 Å². The minimum atomic E-state index is -0.429. The fourth-order valence-electron chi connectivity index (χ4n) is 1.99. The highest BCUT2D eigenvalue weighted by Crippen LogP contribution is 2.18. The first-order chi connectivity index (χ1) is 9.72. The molecule has 5 nitrogen and oxygen atoms in total. The molecule has 2 heterocycles. The van der Waals surface area contributed by atoms with Crippen molar-refractivity contribution < 1.29 is 14.3 Å². The van der Waals surface area contributed by atoms with E-state index in [9.17, 15) is 4.79 Å². The zero-order chi connectivity index (χ0) is 13.9. The van der Waals surface area contributed by atoms with Gasteiger partial charge in [-0.15, -0.1) is 0 Å². The molecule has 3 rings (SSSR count). The van der Waals surface area contributed by atoms with Gasteiger partial charge < -0.3 is 14.4 Å². The van der Waals surface area contributed by atoms with Gasteiger partial charge in [-0.05, 0) is 24.3 Å². The number of halogens is 1. The topological polar surface area (TPSA) is 51.1 Å². The lowest BCUT2D eigenvalue weighted by Gasteiger charge is -2.24. The first-order valence-corrected chi connectivity index (χ1v) is 6.70. The van der Waals surface area contributed by atoms with Crippen molar-refractivity contribution in [3.63, 3.8) is 0 Å². The molecule has 0 aliphatic carbocycles. The van der Waals surface area contributed by atoms with Gasteiger partial charge in [-0.3, -0.25) is 0 Å². The van der Waals surface area contributed by atoms with Crippen molar-refractivity contribution in [3.05, 3.63) is 46.7 Å². The third kappa shape index (κ3) is 2.84. The number of esters is 1. The first-order valence-electron chi connectivity index (χ1n) is 6.33. The summed E-state index contributed by atoms with van der Waals surface area (Å²) in [6.45, 7) is 2.82. The third-order valence-electron chi connectivity index (χ3n) is 3.06. The molecule has 1 aromatic rings. The Morgan fingerprint density at radius 2 is 1.90 bits per heavy atom. The first kappa shape index (κ1) is 13.1. The van der Waals surface area contributed by atoms with Gasteiger partial charge in [0.05, 0.1) is 13.2 Å². The van der Waals surface area contributed by atoms with Crippen LogP contribution in [0.2, 0.25) is 5.02 Å². The molecule has 0 saturated carbocycles. The average molecular weight is 293 g/mol. The van der Waals surface area contributed by atoms with Gasteiger partial charge in [0, 0.05) is 29.9 Å². The van der Waals surface area contributed by atoms with Gasteiger partial charge in [0.1, 0.15) is 0 Å². The molecule has 0 spiro atoms. The summed E-state index contributed by atoms with van der Waals surface area (Å²) < 4.78 is 10.4. The molecule has 0 bridgehead atoms. The van der Waals surface area contributed by atoms with Crippen molar-refractivity contribution in [1.29, 1.82) is 0 Å². The monoisotopic (exact) mass is 292 g/mol. The number of nitrogens with zero attached hydrogens (tertiary/aromatic N) is 2. The summed E-state index contributed by atoms with van der Waals surface area (Å²) in [5.41, 5.74) is 1.05. The zero-order valence-corrected chi connectivity index (χ0v) is 11.5. The van der Waals surface area contributed by atoms with Crippen molar-refractivity contribution in [2.75, 3.05) is 26.3 Å². The van der Waals surface area contributed by atoms with Crippen LogP contribution in [0.25, 0.3) is 0 Å². The number of ether oxygens (including phenoxy) is 2. The molecule has 0 N–H and O–H groups in total. The Balaban J connectivity index is 1.80. The summed E-state index contributed by atoms with van der Waals surface area (Å²) in [6, 6.07) is 7.01. The summed E-state index contributed by atoms with van der Waals surface area (Å²) >= 11 is 5.83. The highest BCUT2D eigenvalue weighted by atomic mass is 35.5. The van der Waals surface area contributed by atoms with Crippen molar-refractivity contribution in [3.8, 4) is 0 Å². The summed E-state index contributed by atoms with van der Waals surface area (Å²) in [5, 5.41) is 0.628. The van der Waals surface area contributed by atoms with Gasteiger partial charge in [-0.25, -0.2) is 9.79 Å². The number of benzene rings is 1. The number of carbonyl (C=O) groups is 1.